The fourth-order valence-corrected chi connectivity index (χ4v) is 4.01. The van der Waals surface area contributed by atoms with E-state index in [9.17, 15) is 9.18 Å². The maximum atomic E-state index is 14.0. The normalized spacial score (nSPS) is 14.5. The van der Waals surface area contributed by atoms with Crippen molar-refractivity contribution in [2.75, 3.05) is 20.2 Å². The van der Waals surface area contributed by atoms with Crippen LogP contribution in [0.5, 0.6) is 5.75 Å². The lowest BCUT2D eigenvalue weighted by molar-refractivity contribution is 0.0729. The third kappa shape index (κ3) is 3.59. The molecule has 2 aromatic carbocycles. The molecule has 0 fully saturated rings. The van der Waals surface area contributed by atoms with Crippen LogP contribution in [0.3, 0.4) is 0 Å². The van der Waals surface area contributed by atoms with E-state index in [2.05, 4.69) is 4.98 Å². The summed E-state index contributed by atoms with van der Waals surface area (Å²) in [6.45, 7) is 1.39. The summed E-state index contributed by atoms with van der Waals surface area (Å²) < 4.78 is 19.4. The van der Waals surface area contributed by atoms with Gasteiger partial charge in [-0.05, 0) is 60.8 Å². The molecule has 1 aliphatic rings. The quantitative estimate of drug-likeness (QED) is 0.597. The van der Waals surface area contributed by atoms with Gasteiger partial charge in [0.1, 0.15) is 17.3 Å². The van der Waals surface area contributed by atoms with Gasteiger partial charge in [-0.3, -0.25) is 4.79 Å². The van der Waals surface area contributed by atoms with E-state index < -0.39 is 0 Å². The molecule has 1 amide bonds. The second-order valence-corrected chi connectivity index (χ2v) is 7.46. The molecule has 0 spiro atoms. The Morgan fingerprint density at radius 2 is 2.10 bits per heavy atom. The number of nitrogens with zero attached hydrogens (tertiary/aromatic N) is 1. The van der Waals surface area contributed by atoms with Gasteiger partial charge in [0.15, 0.2) is 0 Å². The second-order valence-electron chi connectivity index (χ2n) is 7.46. The van der Waals surface area contributed by atoms with Gasteiger partial charge in [0.2, 0.25) is 0 Å². The number of nitrogens with one attached hydrogen (secondary N) is 1. The molecule has 0 saturated carbocycles. The molecule has 0 bridgehead atoms. The first kappa shape index (κ1) is 19.4. The van der Waals surface area contributed by atoms with Gasteiger partial charge in [-0.1, -0.05) is 6.07 Å². The average molecular weight is 396 g/mol. The van der Waals surface area contributed by atoms with Crippen LogP contribution in [0.1, 0.15) is 28.9 Å². The number of carbonyl (C=O) groups is 1. The fraction of sp³-hybridized carbons (Fsp3) is 0.318. The van der Waals surface area contributed by atoms with Crippen molar-refractivity contribution in [1.29, 1.82) is 0 Å². The molecule has 1 aromatic heterocycles. The topological polar surface area (TPSA) is 97.4 Å². The van der Waals surface area contributed by atoms with Gasteiger partial charge in [0, 0.05) is 35.6 Å². The highest BCUT2D eigenvalue weighted by atomic mass is 19.1. The van der Waals surface area contributed by atoms with Crippen LogP contribution in [0.4, 0.5) is 4.39 Å². The summed E-state index contributed by atoms with van der Waals surface area (Å²) in [5.41, 5.74) is 15.6. The summed E-state index contributed by atoms with van der Waals surface area (Å²) in [4.78, 5) is 18.4. The molecule has 1 atom stereocenters. The van der Waals surface area contributed by atoms with Crippen molar-refractivity contribution in [3.8, 4) is 16.9 Å². The molecule has 1 aliphatic heterocycles. The number of aromatic amines is 1. The standard InChI is InChI=1S/C22H25FN4O2/c1-29-16-5-6-17-13(9-16)11-27(12-15(25)3-2-8-24)22(28)21-20(17)18-10-14(23)4-7-19(18)26-21/h4-7,9-10,15,26H,2-3,8,11-12,24-25H2,1H3/t15-/m0/s1. The molecule has 3 aromatic rings. The first-order valence-corrected chi connectivity index (χ1v) is 9.75. The van der Waals surface area contributed by atoms with Gasteiger partial charge < -0.3 is 26.1 Å². The molecule has 152 valence electrons. The van der Waals surface area contributed by atoms with Gasteiger partial charge in [0.25, 0.3) is 5.91 Å². The molecule has 4 rings (SSSR count). The Labute approximate surface area is 168 Å². The Balaban J connectivity index is 1.85. The van der Waals surface area contributed by atoms with Crippen molar-refractivity contribution >= 4 is 16.8 Å². The Morgan fingerprint density at radius 1 is 1.28 bits per heavy atom. The molecule has 5 N–H and O–H groups in total. The molecule has 6 nitrogen and oxygen atoms in total. The number of rotatable bonds is 6. The molecule has 29 heavy (non-hydrogen) atoms. The summed E-state index contributed by atoms with van der Waals surface area (Å²) in [7, 11) is 1.61. The third-order valence-electron chi connectivity index (χ3n) is 5.44. The Morgan fingerprint density at radius 3 is 2.86 bits per heavy atom. The Hall–Kier alpha value is -2.90. The van der Waals surface area contributed by atoms with Crippen molar-refractivity contribution in [2.45, 2.75) is 25.4 Å². The number of H-pyrrole nitrogens is 1. The molecular formula is C22H25FN4O2. The lowest BCUT2D eigenvalue weighted by Gasteiger charge is -2.25. The average Bonchev–Trinajstić information content (AvgIpc) is 3.04. The predicted octanol–water partition coefficient (Wildman–Crippen LogP) is 3.00. The maximum Gasteiger partial charge on any atom is 0.271 e. The molecule has 2 heterocycles. The molecule has 0 aliphatic carbocycles. The number of hydrogen-bond acceptors (Lipinski definition) is 4. The minimum Gasteiger partial charge on any atom is -0.497 e. The van der Waals surface area contributed by atoms with Crippen LogP contribution in [0, 0.1) is 5.82 Å². The number of ether oxygens (including phenoxy) is 1. The van der Waals surface area contributed by atoms with Gasteiger partial charge in [-0.15, -0.1) is 0 Å². The van der Waals surface area contributed by atoms with Crippen LogP contribution < -0.4 is 16.2 Å². The molecule has 0 radical (unpaired) electrons. The van der Waals surface area contributed by atoms with E-state index >= 15 is 0 Å². The van der Waals surface area contributed by atoms with Crippen LogP contribution >= 0.6 is 0 Å². The minimum absolute atomic E-state index is 0.144. The van der Waals surface area contributed by atoms with Crippen LogP contribution in [-0.2, 0) is 6.54 Å². The van der Waals surface area contributed by atoms with E-state index in [4.69, 9.17) is 16.2 Å². The van der Waals surface area contributed by atoms with Crippen LogP contribution in [0.25, 0.3) is 22.0 Å². The number of benzene rings is 2. The van der Waals surface area contributed by atoms with Crippen LogP contribution in [0.2, 0.25) is 0 Å². The van der Waals surface area contributed by atoms with Gasteiger partial charge >= 0.3 is 0 Å². The zero-order valence-corrected chi connectivity index (χ0v) is 16.4. The lowest BCUT2D eigenvalue weighted by atomic mass is 9.97. The highest BCUT2D eigenvalue weighted by Gasteiger charge is 2.30. The smallest absolute Gasteiger partial charge is 0.271 e. The lowest BCUT2D eigenvalue weighted by Crippen LogP contribution is -2.40. The number of fused-ring (bicyclic) bond motifs is 5. The maximum absolute atomic E-state index is 14.0. The zero-order valence-electron chi connectivity index (χ0n) is 16.4. The summed E-state index contributed by atoms with van der Waals surface area (Å²) in [5.74, 6) is 0.222. The fourth-order valence-electron chi connectivity index (χ4n) is 4.01. The largest absolute Gasteiger partial charge is 0.497 e. The van der Waals surface area contributed by atoms with Gasteiger partial charge in [0.05, 0.1) is 7.11 Å². The van der Waals surface area contributed by atoms with Gasteiger partial charge in [-0.25, -0.2) is 4.39 Å². The Kier molecular flexibility index (Phi) is 5.25. The van der Waals surface area contributed by atoms with Crippen molar-refractivity contribution in [2.24, 2.45) is 11.5 Å². The molecular weight excluding hydrogens is 371 g/mol. The van der Waals surface area contributed by atoms with E-state index in [1.807, 2.05) is 18.2 Å². The number of methoxy groups -OCH3 is 1. The monoisotopic (exact) mass is 396 g/mol. The zero-order chi connectivity index (χ0) is 20.5. The van der Waals surface area contributed by atoms with Crippen molar-refractivity contribution in [3.05, 3.63) is 53.5 Å². The van der Waals surface area contributed by atoms with Crippen LogP contribution in [0.15, 0.2) is 36.4 Å². The van der Waals surface area contributed by atoms with E-state index in [0.717, 1.165) is 35.0 Å². The molecule has 0 saturated heterocycles. The van der Waals surface area contributed by atoms with Crippen molar-refractivity contribution < 1.29 is 13.9 Å². The number of carbonyl (C=O) groups excluding carboxylic acids is 1. The Bertz CT molecular complexity index is 1060. The highest BCUT2D eigenvalue weighted by Crippen LogP contribution is 2.39. The van der Waals surface area contributed by atoms with E-state index in [1.165, 1.54) is 12.1 Å². The SMILES string of the molecule is COc1ccc2c(c1)CN(C[C@@H](N)CCCN)C(=O)c1[nH]c3ccc(F)cc3c1-2. The predicted molar refractivity (Wildman–Crippen MR) is 111 cm³/mol. The first-order valence-electron chi connectivity index (χ1n) is 9.75. The summed E-state index contributed by atoms with van der Waals surface area (Å²) >= 11 is 0. The van der Waals surface area contributed by atoms with Gasteiger partial charge in [-0.2, -0.15) is 0 Å². The number of amides is 1. The summed E-state index contributed by atoms with van der Waals surface area (Å²) in [6, 6.07) is 10.1. The first-order chi connectivity index (χ1) is 14.0. The number of nitrogens with two attached hydrogens (primary N) is 2. The van der Waals surface area contributed by atoms with Crippen molar-refractivity contribution in [3.63, 3.8) is 0 Å². The number of halogens is 1. The highest BCUT2D eigenvalue weighted by molar-refractivity contribution is 6.11. The number of aromatic nitrogens is 1. The van der Waals surface area contributed by atoms with Crippen molar-refractivity contribution in [1.82, 2.24) is 9.88 Å². The second kappa shape index (κ2) is 7.85. The summed E-state index contributed by atoms with van der Waals surface area (Å²) in [6.07, 6.45) is 1.56. The third-order valence-corrected chi connectivity index (χ3v) is 5.44. The van der Waals surface area contributed by atoms with E-state index in [-0.39, 0.29) is 17.8 Å². The summed E-state index contributed by atoms with van der Waals surface area (Å²) in [5, 5.41) is 0.689. The molecule has 0 unspecified atom stereocenters. The number of hydrogen-bond donors (Lipinski definition) is 3. The minimum atomic E-state index is -0.341. The van der Waals surface area contributed by atoms with Crippen LogP contribution in [-0.4, -0.2) is 42.0 Å². The van der Waals surface area contributed by atoms with E-state index in [0.29, 0.717) is 36.5 Å². The molecule has 7 heteroatoms. The van der Waals surface area contributed by atoms with E-state index in [1.54, 1.807) is 18.1 Å².